The summed E-state index contributed by atoms with van der Waals surface area (Å²) in [7, 11) is 0. The van der Waals surface area contributed by atoms with Gasteiger partial charge < -0.3 is 24.6 Å². The summed E-state index contributed by atoms with van der Waals surface area (Å²) in [6.45, 7) is 8.49. The lowest BCUT2D eigenvalue weighted by Crippen LogP contribution is -2.41. The van der Waals surface area contributed by atoms with Crippen LogP contribution < -0.4 is 16.6 Å². The molecule has 2 aromatic rings. The van der Waals surface area contributed by atoms with E-state index in [-0.39, 0.29) is 25.4 Å². The molecular formula is C22H32N4O6. The molecule has 0 bridgehead atoms. The van der Waals surface area contributed by atoms with Gasteiger partial charge in [0.2, 0.25) is 0 Å². The standard InChI is InChI=1S/C22H32N4O6/c1-13(2)30-12-17-19(31-14(3)4)18(27)21(32-17)26-11-16(20(28)25-22(26)29)10-24-9-15-5-7-23-8-6-15/h5-8,11,13-14,17-19,21,24,27H,9-10,12H2,1-4H3,(H,25,28,29)/t17-,18?,19+,21-/m1/s1. The van der Waals surface area contributed by atoms with E-state index in [4.69, 9.17) is 14.2 Å². The van der Waals surface area contributed by atoms with Gasteiger partial charge in [-0.25, -0.2) is 4.79 Å². The molecule has 0 radical (unpaired) electrons. The van der Waals surface area contributed by atoms with Crippen LogP contribution in [-0.4, -0.2) is 56.8 Å². The number of aromatic nitrogens is 3. The lowest BCUT2D eigenvalue weighted by Gasteiger charge is -2.23. The molecule has 4 atom stereocenters. The summed E-state index contributed by atoms with van der Waals surface area (Å²) >= 11 is 0. The van der Waals surface area contributed by atoms with Crippen molar-refractivity contribution in [3.63, 3.8) is 0 Å². The molecule has 1 fully saturated rings. The maximum Gasteiger partial charge on any atom is 0.330 e. The number of ether oxygens (including phenoxy) is 3. The fraction of sp³-hybridized carbons (Fsp3) is 0.591. The summed E-state index contributed by atoms with van der Waals surface area (Å²) in [6, 6.07) is 3.74. The number of H-pyrrole nitrogens is 1. The van der Waals surface area contributed by atoms with Gasteiger partial charge in [-0.05, 0) is 45.4 Å². The van der Waals surface area contributed by atoms with Crippen LogP contribution in [0.25, 0.3) is 0 Å². The van der Waals surface area contributed by atoms with Crippen LogP contribution in [0.15, 0.2) is 40.3 Å². The molecule has 0 spiro atoms. The summed E-state index contributed by atoms with van der Waals surface area (Å²) in [5, 5.41) is 14.1. The van der Waals surface area contributed by atoms with Crippen molar-refractivity contribution in [1.29, 1.82) is 0 Å². The minimum Gasteiger partial charge on any atom is -0.386 e. The van der Waals surface area contributed by atoms with Crippen LogP contribution >= 0.6 is 0 Å². The van der Waals surface area contributed by atoms with E-state index in [0.29, 0.717) is 12.1 Å². The molecule has 1 aliphatic rings. The van der Waals surface area contributed by atoms with E-state index < -0.39 is 35.8 Å². The van der Waals surface area contributed by atoms with Gasteiger partial charge in [-0.15, -0.1) is 0 Å². The third-order valence-electron chi connectivity index (χ3n) is 5.04. The molecule has 3 N–H and O–H groups in total. The minimum absolute atomic E-state index is 0.0247. The van der Waals surface area contributed by atoms with E-state index in [0.717, 1.165) is 5.56 Å². The van der Waals surface area contributed by atoms with E-state index in [1.165, 1.54) is 10.8 Å². The highest BCUT2D eigenvalue weighted by atomic mass is 16.6. The van der Waals surface area contributed by atoms with E-state index in [1.807, 2.05) is 39.8 Å². The Kier molecular flexibility index (Phi) is 8.32. The third kappa shape index (κ3) is 6.11. The summed E-state index contributed by atoms with van der Waals surface area (Å²) in [5.41, 5.74) is 0.208. The van der Waals surface area contributed by atoms with Crippen molar-refractivity contribution in [2.75, 3.05) is 6.61 Å². The Balaban J connectivity index is 1.78. The van der Waals surface area contributed by atoms with Crippen molar-refractivity contribution in [2.45, 2.75) is 77.5 Å². The first-order valence-corrected chi connectivity index (χ1v) is 10.8. The summed E-state index contributed by atoms with van der Waals surface area (Å²) in [4.78, 5) is 31.1. The first kappa shape index (κ1) is 24.3. The van der Waals surface area contributed by atoms with Gasteiger partial charge in [0.05, 0.1) is 18.8 Å². The van der Waals surface area contributed by atoms with Crippen molar-refractivity contribution in [3.8, 4) is 0 Å². The first-order valence-electron chi connectivity index (χ1n) is 10.8. The summed E-state index contributed by atoms with van der Waals surface area (Å²) in [6.07, 6.45) is 1.27. The lowest BCUT2D eigenvalue weighted by molar-refractivity contribution is -0.0979. The van der Waals surface area contributed by atoms with E-state index in [1.54, 1.807) is 12.4 Å². The van der Waals surface area contributed by atoms with Gasteiger partial charge in [-0.2, -0.15) is 0 Å². The molecule has 10 heteroatoms. The molecule has 0 saturated carbocycles. The molecule has 176 valence electrons. The number of rotatable bonds is 10. The van der Waals surface area contributed by atoms with Gasteiger partial charge in [0.25, 0.3) is 5.56 Å². The molecule has 2 aromatic heterocycles. The third-order valence-corrected chi connectivity index (χ3v) is 5.04. The SMILES string of the molecule is CC(C)OC[C@H]1O[C@@H](n2cc(CNCc3ccncc3)c(=O)[nH]c2=O)C(O)[C@H]1OC(C)C. The number of hydrogen-bond donors (Lipinski definition) is 3. The van der Waals surface area contributed by atoms with Crippen LogP contribution in [0, 0.1) is 0 Å². The number of nitrogens with one attached hydrogen (secondary N) is 2. The highest BCUT2D eigenvalue weighted by molar-refractivity contribution is 5.10. The average Bonchev–Trinajstić information content (AvgIpc) is 3.04. The van der Waals surface area contributed by atoms with Crippen LogP contribution in [0.5, 0.6) is 0 Å². The fourth-order valence-corrected chi connectivity index (χ4v) is 3.54. The molecule has 3 rings (SSSR count). The second-order valence-electron chi connectivity index (χ2n) is 8.37. The zero-order valence-corrected chi connectivity index (χ0v) is 18.9. The number of aliphatic hydroxyl groups is 1. The van der Waals surface area contributed by atoms with Crippen LogP contribution in [-0.2, 0) is 27.3 Å². The Morgan fingerprint density at radius 2 is 1.91 bits per heavy atom. The van der Waals surface area contributed by atoms with Gasteiger partial charge in [0.15, 0.2) is 6.23 Å². The molecule has 10 nitrogen and oxygen atoms in total. The van der Waals surface area contributed by atoms with Crippen molar-refractivity contribution >= 4 is 0 Å². The van der Waals surface area contributed by atoms with Crippen LogP contribution in [0.4, 0.5) is 0 Å². The van der Waals surface area contributed by atoms with Gasteiger partial charge in [-0.3, -0.25) is 19.3 Å². The van der Waals surface area contributed by atoms with Crippen LogP contribution in [0.1, 0.15) is 45.0 Å². The maximum atomic E-state index is 12.5. The molecule has 32 heavy (non-hydrogen) atoms. The molecule has 1 aliphatic heterocycles. The monoisotopic (exact) mass is 448 g/mol. The number of nitrogens with zero attached hydrogens (tertiary/aromatic N) is 2. The highest BCUT2D eigenvalue weighted by Crippen LogP contribution is 2.31. The largest absolute Gasteiger partial charge is 0.386 e. The molecule has 0 amide bonds. The van der Waals surface area contributed by atoms with E-state index in [9.17, 15) is 14.7 Å². The normalized spacial score (nSPS) is 23.3. The number of pyridine rings is 1. The lowest BCUT2D eigenvalue weighted by atomic mass is 10.1. The Morgan fingerprint density at radius 1 is 1.19 bits per heavy atom. The number of hydrogen-bond acceptors (Lipinski definition) is 8. The van der Waals surface area contributed by atoms with Crippen molar-refractivity contribution in [3.05, 3.63) is 62.7 Å². The average molecular weight is 449 g/mol. The fourth-order valence-electron chi connectivity index (χ4n) is 3.54. The molecule has 0 aliphatic carbocycles. The molecule has 3 heterocycles. The second-order valence-corrected chi connectivity index (χ2v) is 8.37. The highest BCUT2D eigenvalue weighted by Gasteiger charge is 2.46. The molecule has 1 unspecified atom stereocenters. The summed E-state index contributed by atoms with van der Waals surface area (Å²) < 4.78 is 18.7. The first-order chi connectivity index (χ1) is 15.3. The second kappa shape index (κ2) is 11.0. The Morgan fingerprint density at radius 3 is 2.56 bits per heavy atom. The van der Waals surface area contributed by atoms with Crippen molar-refractivity contribution in [1.82, 2.24) is 19.9 Å². The van der Waals surface area contributed by atoms with Gasteiger partial charge >= 0.3 is 5.69 Å². The predicted molar refractivity (Wildman–Crippen MR) is 117 cm³/mol. The Labute approximate surface area is 186 Å². The van der Waals surface area contributed by atoms with Gasteiger partial charge in [-0.1, -0.05) is 0 Å². The molecular weight excluding hydrogens is 416 g/mol. The number of aromatic amines is 1. The van der Waals surface area contributed by atoms with Crippen LogP contribution in [0.2, 0.25) is 0 Å². The zero-order chi connectivity index (χ0) is 23.3. The van der Waals surface area contributed by atoms with Gasteiger partial charge in [0.1, 0.15) is 18.3 Å². The molecule has 0 aromatic carbocycles. The Bertz CT molecular complexity index is 974. The maximum absolute atomic E-state index is 12.5. The van der Waals surface area contributed by atoms with Crippen molar-refractivity contribution in [2.24, 2.45) is 0 Å². The smallest absolute Gasteiger partial charge is 0.330 e. The number of aliphatic hydroxyl groups excluding tert-OH is 1. The van der Waals surface area contributed by atoms with E-state index in [2.05, 4.69) is 15.3 Å². The Hall–Kier alpha value is -2.37. The van der Waals surface area contributed by atoms with Gasteiger partial charge in [0, 0.05) is 37.2 Å². The van der Waals surface area contributed by atoms with Crippen molar-refractivity contribution < 1.29 is 19.3 Å². The minimum atomic E-state index is -1.11. The summed E-state index contributed by atoms with van der Waals surface area (Å²) in [5.74, 6) is 0. The van der Waals surface area contributed by atoms with E-state index >= 15 is 0 Å². The molecule has 1 saturated heterocycles. The van der Waals surface area contributed by atoms with Crippen LogP contribution in [0.3, 0.4) is 0 Å². The predicted octanol–water partition coefficient (Wildman–Crippen LogP) is 0.698. The topological polar surface area (TPSA) is 128 Å². The zero-order valence-electron chi connectivity index (χ0n) is 18.9. The quantitative estimate of drug-likeness (QED) is 0.485.